The van der Waals surface area contributed by atoms with E-state index in [0.717, 1.165) is 6.92 Å². The number of amides is 7. The number of H-pyrrole nitrogens is 1. The fourth-order valence-electron chi connectivity index (χ4n) is 5.70. The number of hydrogen-bond acceptors (Lipinski definition) is 14. The lowest BCUT2D eigenvalue weighted by atomic mass is 10.0. The standard InChI is InChI=1S/C32H51N11O13/c1-15(45)25(32(55)56)42-29(52)21(13-44)41-28(51)19(11-24(47)48)39-27(50)18(5-2-3-7-33)38-30(53)22-6-4-8-43(22)31(54)20(9-16-12-36-14-37-16)40-26(49)17(34)10-23(35)46/h12,14-15,17-22,25,44-45H,2-11,13,33-34H2,1H3,(H2,35,46)(H,36,37)(H,38,53)(H,39,50)(H,40,49)(H,41,51)(H,42,52)(H,47,48)(H,55,56)/t15-,17+,18+,19+,20+,21+,22+,25+/m1/s1. The van der Waals surface area contributed by atoms with E-state index in [9.17, 15) is 63.6 Å². The summed E-state index contributed by atoms with van der Waals surface area (Å²) in [6.07, 6.45) is 0.692. The van der Waals surface area contributed by atoms with Crippen LogP contribution in [0.2, 0.25) is 0 Å². The Hall–Kier alpha value is -5.72. The van der Waals surface area contributed by atoms with Gasteiger partial charge in [-0.1, -0.05) is 0 Å². The number of aromatic nitrogens is 2. The maximum Gasteiger partial charge on any atom is 0.328 e. The third kappa shape index (κ3) is 14.5. The lowest BCUT2D eigenvalue weighted by Gasteiger charge is -2.30. The maximum atomic E-state index is 13.9. The average Bonchev–Trinajstić information content (AvgIpc) is 3.83. The molecule has 24 nitrogen and oxygen atoms in total. The predicted molar refractivity (Wildman–Crippen MR) is 190 cm³/mol. The van der Waals surface area contributed by atoms with E-state index in [4.69, 9.17) is 17.2 Å². The van der Waals surface area contributed by atoms with Gasteiger partial charge in [0, 0.05) is 24.9 Å². The first-order chi connectivity index (χ1) is 26.4. The highest BCUT2D eigenvalue weighted by molar-refractivity contribution is 5.98. The van der Waals surface area contributed by atoms with E-state index in [1.54, 1.807) is 0 Å². The van der Waals surface area contributed by atoms with Crippen molar-refractivity contribution >= 4 is 53.3 Å². The number of nitrogens with one attached hydrogen (secondary N) is 6. The Bertz CT molecular complexity index is 1560. The molecule has 8 atom stereocenters. The molecule has 312 valence electrons. The molecule has 1 aliphatic heterocycles. The van der Waals surface area contributed by atoms with Crippen LogP contribution in [0.15, 0.2) is 12.5 Å². The van der Waals surface area contributed by atoms with E-state index in [2.05, 4.69) is 25.9 Å². The largest absolute Gasteiger partial charge is 0.481 e. The molecule has 2 heterocycles. The Morgan fingerprint density at radius 2 is 1.52 bits per heavy atom. The van der Waals surface area contributed by atoms with E-state index < -0.39 is 121 Å². The molecule has 0 unspecified atom stereocenters. The molecule has 1 aliphatic rings. The molecule has 24 heteroatoms. The van der Waals surface area contributed by atoms with Crippen LogP contribution in [0.1, 0.15) is 57.6 Å². The topological polar surface area (TPSA) is 405 Å². The summed E-state index contributed by atoms with van der Waals surface area (Å²) in [6.45, 7) is 0.278. The number of aromatic amines is 1. The van der Waals surface area contributed by atoms with Crippen molar-refractivity contribution in [3.05, 3.63) is 18.2 Å². The van der Waals surface area contributed by atoms with Gasteiger partial charge in [0.1, 0.15) is 30.2 Å². The van der Waals surface area contributed by atoms with Crippen molar-refractivity contribution in [1.29, 1.82) is 0 Å². The summed E-state index contributed by atoms with van der Waals surface area (Å²) in [5.41, 5.74) is 17.0. The summed E-state index contributed by atoms with van der Waals surface area (Å²) in [4.78, 5) is 122. The van der Waals surface area contributed by atoms with Gasteiger partial charge in [0.2, 0.25) is 41.4 Å². The van der Waals surface area contributed by atoms with Crippen molar-refractivity contribution < 1.29 is 63.6 Å². The second-order valence-electron chi connectivity index (χ2n) is 13.1. The molecule has 0 aromatic carbocycles. The van der Waals surface area contributed by atoms with E-state index in [1.165, 1.54) is 17.4 Å². The number of primary amides is 1. The van der Waals surface area contributed by atoms with Crippen molar-refractivity contribution in [2.24, 2.45) is 17.2 Å². The number of likely N-dealkylation sites (tertiary alicyclic amines) is 1. The SMILES string of the molecule is C[C@@H](O)[C@H](NC(=O)[C@H](CO)NC(=O)[C@H](CC(=O)O)NC(=O)[C@H](CCCCN)NC(=O)[C@@H]1CCCN1C(=O)[C@H](Cc1cnc[nH]1)NC(=O)[C@@H](N)CC(N)=O)C(=O)O. The van der Waals surface area contributed by atoms with Crippen molar-refractivity contribution in [1.82, 2.24) is 41.5 Å². The molecule has 16 N–H and O–H groups in total. The van der Waals surface area contributed by atoms with Crippen molar-refractivity contribution in [2.45, 2.75) is 107 Å². The molecule has 1 saturated heterocycles. The van der Waals surface area contributed by atoms with Crippen molar-refractivity contribution in [2.75, 3.05) is 19.7 Å². The zero-order valence-electron chi connectivity index (χ0n) is 30.6. The fourth-order valence-corrected chi connectivity index (χ4v) is 5.70. The van der Waals surface area contributed by atoms with E-state index >= 15 is 0 Å². The van der Waals surface area contributed by atoms with Gasteiger partial charge in [-0.2, -0.15) is 0 Å². The van der Waals surface area contributed by atoms with E-state index in [1.807, 2.05) is 10.6 Å². The number of carboxylic acid groups (broad SMARTS) is 2. The van der Waals surface area contributed by atoms with E-state index in [0.29, 0.717) is 18.5 Å². The quantitative estimate of drug-likeness (QED) is 0.0433. The molecule has 0 spiro atoms. The van der Waals surface area contributed by atoms with Gasteiger partial charge in [0.25, 0.3) is 0 Å². The van der Waals surface area contributed by atoms with Crippen molar-refractivity contribution in [3.8, 4) is 0 Å². The lowest BCUT2D eigenvalue weighted by Crippen LogP contribution is -2.60. The Balaban J connectivity index is 2.28. The lowest BCUT2D eigenvalue weighted by molar-refractivity contribution is -0.146. The first kappa shape index (κ1) is 46.4. The molecule has 1 fully saturated rings. The number of rotatable bonds is 24. The summed E-state index contributed by atoms with van der Waals surface area (Å²) in [7, 11) is 0. The first-order valence-corrected chi connectivity index (χ1v) is 17.7. The minimum absolute atomic E-state index is 0.0509. The van der Waals surface area contributed by atoms with Crippen LogP contribution in [-0.2, 0) is 49.6 Å². The summed E-state index contributed by atoms with van der Waals surface area (Å²) >= 11 is 0. The highest BCUT2D eigenvalue weighted by Crippen LogP contribution is 2.20. The maximum absolute atomic E-state index is 13.9. The van der Waals surface area contributed by atoms with Crippen LogP contribution in [0.3, 0.4) is 0 Å². The second kappa shape index (κ2) is 22.6. The average molecular weight is 798 g/mol. The van der Waals surface area contributed by atoms with Gasteiger partial charge in [0.05, 0.1) is 37.9 Å². The summed E-state index contributed by atoms with van der Waals surface area (Å²) in [5, 5.41) is 49.4. The van der Waals surface area contributed by atoms with Gasteiger partial charge in [-0.3, -0.25) is 38.4 Å². The molecule has 1 aromatic heterocycles. The smallest absolute Gasteiger partial charge is 0.328 e. The summed E-state index contributed by atoms with van der Waals surface area (Å²) in [5.74, 6) is -9.89. The highest BCUT2D eigenvalue weighted by atomic mass is 16.4. The molecule has 0 radical (unpaired) electrons. The Labute approximate surface area is 320 Å². The van der Waals surface area contributed by atoms with Crippen LogP contribution < -0.4 is 43.8 Å². The first-order valence-electron chi connectivity index (χ1n) is 17.7. The van der Waals surface area contributed by atoms with Gasteiger partial charge in [-0.25, -0.2) is 9.78 Å². The van der Waals surface area contributed by atoms with Gasteiger partial charge in [-0.15, -0.1) is 0 Å². The number of aliphatic hydroxyl groups is 2. The third-order valence-electron chi connectivity index (χ3n) is 8.64. The normalized spacial score (nSPS) is 17.5. The predicted octanol–water partition coefficient (Wildman–Crippen LogP) is -6.37. The fraction of sp³-hybridized carbons (Fsp3) is 0.625. The monoisotopic (exact) mass is 797 g/mol. The molecular weight excluding hydrogens is 746 g/mol. The Morgan fingerprint density at radius 1 is 0.893 bits per heavy atom. The van der Waals surface area contributed by atoms with Gasteiger partial charge < -0.3 is 74.1 Å². The molecular formula is C32H51N11O13. The zero-order valence-corrected chi connectivity index (χ0v) is 30.6. The number of hydrogen-bond donors (Lipinski definition) is 13. The second-order valence-corrected chi connectivity index (χ2v) is 13.1. The summed E-state index contributed by atoms with van der Waals surface area (Å²) in [6, 6.07) is -10.7. The minimum Gasteiger partial charge on any atom is -0.481 e. The Kier molecular flexibility index (Phi) is 18.7. The molecule has 56 heavy (non-hydrogen) atoms. The molecule has 0 saturated carbocycles. The zero-order chi connectivity index (χ0) is 42.1. The van der Waals surface area contributed by atoms with Crippen LogP contribution >= 0.6 is 0 Å². The number of carbonyl (C=O) groups excluding carboxylic acids is 7. The van der Waals surface area contributed by atoms with Crippen LogP contribution in [0, 0.1) is 0 Å². The number of aliphatic carboxylic acids is 2. The number of nitrogens with zero attached hydrogens (tertiary/aromatic N) is 2. The minimum atomic E-state index is -1.87. The van der Waals surface area contributed by atoms with Gasteiger partial charge >= 0.3 is 11.9 Å². The number of carbonyl (C=O) groups is 9. The number of imidazole rings is 1. The van der Waals surface area contributed by atoms with Crippen molar-refractivity contribution in [3.63, 3.8) is 0 Å². The number of unbranched alkanes of at least 4 members (excludes halogenated alkanes) is 1. The molecule has 7 amide bonds. The molecule has 2 rings (SSSR count). The van der Waals surface area contributed by atoms with Crippen LogP contribution in [0.4, 0.5) is 0 Å². The Morgan fingerprint density at radius 3 is 2.07 bits per heavy atom. The van der Waals surface area contributed by atoms with Crippen LogP contribution in [0.5, 0.6) is 0 Å². The summed E-state index contributed by atoms with van der Waals surface area (Å²) < 4.78 is 0. The number of nitrogens with two attached hydrogens (primary N) is 3. The number of aliphatic hydroxyl groups excluding tert-OH is 2. The third-order valence-corrected chi connectivity index (χ3v) is 8.64. The van der Waals surface area contributed by atoms with Crippen LogP contribution in [-0.4, -0.2) is 157 Å². The van der Waals surface area contributed by atoms with Gasteiger partial charge in [-0.05, 0) is 45.6 Å². The highest BCUT2D eigenvalue weighted by Gasteiger charge is 2.40. The molecule has 0 bridgehead atoms. The molecule has 1 aromatic rings. The van der Waals surface area contributed by atoms with Crippen LogP contribution in [0.25, 0.3) is 0 Å². The van der Waals surface area contributed by atoms with Gasteiger partial charge in [0.15, 0.2) is 6.04 Å². The molecule has 0 aliphatic carbocycles. The number of carboxylic acids is 2. The van der Waals surface area contributed by atoms with E-state index in [-0.39, 0.29) is 38.8 Å².